The molecular formula is C12H24N2O2. The fourth-order valence-corrected chi connectivity index (χ4v) is 2.24. The lowest BCUT2D eigenvalue weighted by Crippen LogP contribution is -2.49. The third kappa shape index (κ3) is 3.76. The summed E-state index contributed by atoms with van der Waals surface area (Å²) < 4.78 is 0. The number of likely N-dealkylation sites (N-methyl/N-ethyl adjacent to an activating group) is 1. The fraction of sp³-hybridized carbons (Fsp3) is 0.917. The zero-order valence-corrected chi connectivity index (χ0v) is 10.6. The summed E-state index contributed by atoms with van der Waals surface area (Å²) in [5.74, 6) is 0.0263. The molecule has 3 N–H and O–H groups in total. The van der Waals surface area contributed by atoms with Crippen molar-refractivity contribution in [3.63, 3.8) is 0 Å². The van der Waals surface area contributed by atoms with Crippen LogP contribution in [-0.2, 0) is 4.79 Å². The van der Waals surface area contributed by atoms with E-state index in [1.807, 2.05) is 13.8 Å². The lowest BCUT2D eigenvalue weighted by Gasteiger charge is -2.36. The average molecular weight is 228 g/mol. The van der Waals surface area contributed by atoms with Gasteiger partial charge >= 0.3 is 0 Å². The van der Waals surface area contributed by atoms with Gasteiger partial charge in [-0.3, -0.25) is 4.79 Å². The molecule has 0 aromatic heterocycles. The van der Waals surface area contributed by atoms with Crippen molar-refractivity contribution in [2.45, 2.75) is 63.6 Å². The van der Waals surface area contributed by atoms with Gasteiger partial charge < -0.3 is 15.7 Å². The van der Waals surface area contributed by atoms with E-state index in [-0.39, 0.29) is 18.1 Å². The Morgan fingerprint density at radius 3 is 2.50 bits per heavy atom. The highest BCUT2D eigenvalue weighted by atomic mass is 16.3. The highest BCUT2D eigenvalue weighted by molar-refractivity contribution is 5.77. The Morgan fingerprint density at radius 2 is 2.00 bits per heavy atom. The number of aliphatic hydroxyl groups excluding tert-OH is 1. The molecule has 0 aromatic carbocycles. The van der Waals surface area contributed by atoms with E-state index in [4.69, 9.17) is 5.73 Å². The Morgan fingerprint density at radius 1 is 1.44 bits per heavy atom. The molecule has 1 fully saturated rings. The van der Waals surface area contributed by atoms with E-state index in [1.54, 1.807) is 11.9 Å². The van der Waals surface area contributed by atoms with Crippen LogP contribution in [0.15, 0.2) is 0 Å². The Balaban J connectivity index is 2.55. The lowest BCUT2D eigenvalue weighted by molar-refractivity contribution is -0.136. The molecule has 0 spiro atoms. The van der Waals surface area contributed by atoms with E-state index in [0.717, 1.165) is 25.7 Å². The van der Waals surface area contributed by atoms with Crippen molar-refractivity contribution >= 4 is 5.91 Å². The molecule has 1 amide bonds. The minimum absolute atomic E-state index is 0.0244. The molecule has 1 aliphatic carbocycles. The molecule has 16 heavy (non-hydrogen) atoms. The molecule has 0 bridgehead atoms. The zero-order chi connectivity index (χ0) is 12.3. The molecule has 2 atom stereocenters. The zero-order valence-electron chi connectivity index (χ0n) is 10.6. The first-order valence-electron chi connectivity index (χ1n) is 6.04. The van der Waals surface area contributed by atoms with E-state index in [1.165, 1.54) is 0 Å². The van der Waals surface area contributed by atoms with Gasteiger partial charge in [-0.1, -0.05) is 12.8 Å². The van der Waals surface area contributed by atoms with Crippen LogP contribution in [0.3, 0.4) is 0 Å². The average Bonchev–Trinajstić information content (AvgIpc) is 2.15. The van der Waals surface area contributed by atoms with Crippen LogP contribution in [-0.4, -0.2) is 40.6 Å². The second-order valence-corrected chi connectivity index (χ2v) is 5.59. The number of carbonyl (C=O) groups excluding carboxylic acids is 1. The number of carbonyl (C=O) groups is 1. The SMILES string of the molecule is CN(C(=O)CC(C)(C)N)C1CCCCC1O. The van der Waals surface area contributed by atoms with Gasteiger partial charge in [-0.2, -0.15) is 0 Å². The molecule has 4 heteroatoms. The van der Waals surface area contributed by atoms with Crippen molar-refractivity contribution in [3.05, 3.63) is 0 Å². The standard InChI is InChI=1S/C12H24N2O2/c1-12(2,13)8-11(16)14(3)9-6-4-5-7-10(9)15/h9-10,15H,4-8,13H2,1-3H3. The van der Waals surface area contributed by atoms with Crippen LogP contribution in [0.1, 0.15) is 46.0 Å². The van der Waals surface area contributed by atoms with E-state index >= 15 is 0 Å². The Bertz CT molecular complexity index is 248. The summed E-state index contributed by atoms with van der Waals surface area (Å²) >= 11 is 0. The molecule has 0 heterocycles. The number of rotatable bonds is 3. The summed E-state index contributed by atoms with van der Waals surface area (Å²) in [7, 11) is 1.77. The summed E-state index contributed by atoms with van der Waals surface area (Å²) in [5, 5.41) is 9.86. The molecule has 1 aliphatic rings. The Labute approximate surface area is 97.8 Å². The number of aliphatic hydroxyl groups is 1. The molecule has 1 rings (SSSR count). The number of nitrogens with zero attached hydrogens (tertiary/aromatic N) is 1. The number of hydrogen-bond acceptors (Lipinski definition) is 3. The molecular weight excluding hydrogens is 204 g/mol. The molecule has 0 saturated heterocycles. The smallest absolute Gasteiger partial charge is 0.224 e. The van der Waals surface area contributed by atoms with Crippen molar-refractivity contribution in [2.75, 3.05) is 7.05 Å². The van der Waals surface area contributed by atoms with Crippen LogP contribution in [0, 0.1) is 0 Å². The predicted molar refractivity (Wildman–Crippen MR) is 63.9 cm³/mol. The van der Waals surface area contributed by atoms with Gasteiger partial charge in [-0.05, 0) is 26.7 Å². The van der Waals surface area contributed by atoms with Crippen LogP contribution in [0.25, 0.3) is 0 Å². The molecule has 1 saturated carbocycles. The third-order valence-corrected chi connectivity index (χ3v) is 3.19. The highest BCUT2D eigenvalue weighted by Crippen LogP contribution is 2.23. The minimum atomic E-state index is -0.481. The molecule has 4 nitrogen and oxygen atoms in total. The molecule has 2 unspecified atom stereocenters. The van der Waals surface area contributed by atoms with Crippen molar-refractivity contribution in [1.82, 2.24) is 4.90 Å². The summed E-state index contributed by atoms with van der Waals surface area (Å²) in [5.41, 5.74) is 5.35. The topological polar surface area (TPSA) is 66.6 Å². The van der Waals surface area contributed by atoms with Crippen molar-refractivity contribution in [1.29, 1.82) is 0 Å². The second-order valence-electron chi connectivity index (χ2n) is 5.59. The Hall–Kier alpha value is -0.610. The number of amides is 1. The first-order chi connectivity index (χ1) is 7.31. The van der Waals surface area contributed by atoms with Gasteiger partial charge in [0, 0.05) is 19.0 Å². The molecule has 0 aliphatic heterocycles. The van der Waals surface area contributed by atoms with Crippen LogP contribution in [0.5, 0.6) is 0 Å². The maximum absolute atomic E-state index is 11.9. The fourth-order valence-electron chi connectivity index (χ4n) is 2.24. The van der Waals surface area contributed by atoms with E-state index in [9.17, 15) is 9.90 Å². The van der Waals surface area contributed by atoms with E-state index in [2.05, 4.69) is 0 Å². The summed E-state index contributed by atoms with van der Waals surface area (Å²) in [4.78, 5) is 13.6. The third-order valence-electron chi connectivity index (χ3n) is 3.19. The number of nitrogens with two attached hydrogens (primary N) is 1. The number of hydrogen-bond donors (Lipinski definition) is 2. The van der Waals surface area contributed by atoms with Gasteiger partial charge in [0.05, 0.1) is 12.1 Å². The predicted octanol–water partition coefficient (Wildman–Crippen LogP) is 0.876. The largest absolute Gasteiger partial charge is 0.391 e. The maximum atomic E-state index is 11.9. The summed E-state index contributed by atoms with van der Waals surface area (Å²) in [6.45, 7) is 3.69. The van der Waals surface area contributed by atoms with Crippen LogP contribution in [0.4, 0.5) is 0 Å². The Kier molecular flexibility index (Phi) is 4.33. The van der Waals surface area contributed by atoms with Crippen LogP contribution in [0.2, 0.25) is 0 Å². The maximum Gasteiger partial charge on any atom is 0.224 e. The van der Waals surface area contributed by atoms with Gasteiger partial charge in [-0.15, -0.1) is 0 Å². The lowest BCUT2D eigenvalue weighted by atomic mass is 9.91. The minimum Gasteiger partial charge on any atom is -0.391 e. The van der Waals surface area contributed by atoms with Gasteiger partial charge in [0.2, 0.25) is 5.91 Å². The molecule has 0 aromatic rings. The van der Waals surface area contributed by atoms with Gasteiger partial charge in [0.15, 0.2) is 0 Å². The second kappa shape index (κ2) is 5.15. The highest BCUT2D eigenvalue weighted by Gasteiger charge is 2.30. The van der Waals surface area contributed by atoms with Gasteiger partial charge in [-0.25, -0.2) is 0 Å². The van der Waals surface area contributed by atoms with E-state index < -0.39 is 5.54 Å². The van der Waals surface area contributed by atoms with Crippen molar-refractivity contribution in [3.8, 4) is 0 Å². The quantitative estimate of drug-likeness (QED) is 0.753. The first-order valence-corrected chi connectivity index (χ1v) is 6.04. The van der Waals surface area contributed by atoms with Crippen molar-refractivity contribution < 1.29 is 9.90 Å². The molecule has 94 valence electrons. The van der Waals surface area contributed by atoms with Crippen molar-refractivity contribution in [2.24, 2.45) is 5.73 Å². The first kappa shape index (κ1) is 13.5. The van der Waals surface area contributed by atoms with E-state index in [0.29, 0.717) is 6.42 Å². The molecule has 0 radical (unpaired) electrons. The van der Waals surface area contributed by atoms with Crippen LogP contribution >= 0.6 is 0 Å². The summed E-state index contributed by atoms with van der Waals surface area (Å²) in [6.07, 6.45) is 3.80. The summed E-state index contributed by atoms with van der Waals surface area (Å²) in [6, 6.07) is -0.0244. The van der Waals surface area contributed by atoms with Gasteiger partial charge in [0.1, 0.15) is 0 Å². The van der Waals surface area contributed by atoms with Crippen LogP contribution < -0.4 is 5.73 Å². The van der Waals surface area contributed by atoms with Gasteiger partial charge in [0.25, 0.3) is 0 Å². The normalized spacial score (nSPS) is 26.6. The monoisotopic (exact) mass is 228 g/mol.